The molecule has 0 radical (unpaired) electrons. The van der Waals surface area contributed by atoms with Crippen molar-refractivity contribution in [3.63, 3.8) is 0 Å². The van der Waals surface area contributed by atoms with Gasteiger partial charge in [0.05, 0.1) is 0 Å². The molecule has 1 aliphatic carbocycles. The molecule has 3 nitrogen and oxygen atoms in total. The summed E-state index contributed by atoms with van der Waals surface area (Å²) in [5.41, 5.74) is 5.92. The van der Waals surface area contributed by atoms with E-state index in [0.717, 1.165) is 19.0 Å². The van der Waals surface area contributed by atoms with E-state index in [4.69, 9.17) is 5.73 Å². The van der Waals surface area contributed by atoms with Gasteiger partial charge >= 0.3 is 0 Å². The maximum absolute atomic E-state index is 5.92. The van der Waals surface area contributed by atoms with Crippen molar-refractivity contribution in [3.05, 3.63) is 0 Å². The van der Waals surface area contributed by atoms with Gasteiger partial charge in [-0.1, -0.05) is 26.7 Å². The van der Waals surface area contributed by atoms with Crippen molar-refractivity contribution in [2.24, 2.45) is 22.6 Å². The molecular weight excluding hydrogens is 186 g/mol. The zero-order valence-corrected chi connectivity index (χ0v) is 10.4. The van der Waals surface area contributed by atoms with Crippen LogP contribution < -0.4 is 5.73 Å². The molecule has 15 heavy (non-hydrogen) atoms. The van der Waals surface area contributed by atoms with Crippen molar-refractivity contribution in [2.45, 2.75) is 39.5 Å². The zero-order valence-electron chi connectivity index (χ0n) is 10.4. The molecule has 0 bridgehead atoms. The van der Waals surface area contributed by atoms with E-state index in [-0.39, 0.29) is 0 Å². The van der Waals surface area contributed by atoms with Crippen LogP contribution in [0.25, 0.3) is 0 Å². The largest absolute Gasteiger partial charge is 0.370 e. The van der Waals surface area contributed by atoms with Crippen molar-refractivity contribution < 1.29 is 0 Å². The highest BCUT2D eigenvalue weighted by Gasteiger charge is 2.17. The van der Waals surface area contributed by atoms with Crippen LogP contribution in [0.2, 0.25) is 0 Å². The molecule has 2 N–H and O–H groups in total. The molecule has 0 amide bonds. The summed E-state index contributed by atoms with van der Waals surface area (Å²) in [7, 11) is 2.05. The standard InChI is InChI=1S/C12H25N3/c1-10(2)8-14-12(13)15(3)9-11-6-4-5-7-11/h10-11H,4-9H2,1-3H3,(H2,13,14). The minimum Gasteiger partial charge on any atom is -0.370 e. The molecule has 1 rings (SSSR count). The monoisotopic (exact) mass is 211 g/mol. The quantitative estimate of drug-likeness (QED) is 0.571. The highest BCUT2D eigenvalue weighted by molar-refractivity contribution is 5.77. The summed E-state index contributed by atoms with van der Waals surface area (Å²) in [6.07, 6.45) is 5.51. The van der Waals surface area contributed by atoms with Crippen molar-refractivity contribution in [1.29, 1.82) is 0 Å². The zero-order chi connectivity index (χ0) is 11.3. The van der Waals surface area contributed by atoms with Crippen LogP contribution in [0.1, 0.15) is 39.5 Å². The Hall–Kier alpha value is -0.730. The fourth-order valence-corrected chi connectivity index (χ4v) is 2.07. The van der Waals surface area contributed by atoms with E-state index in [9.17, 15) is 0 Å². The molecular formula is C12H25N3. The van der Waals surface area contributed by atoms with Gasteiger partial charge in [0.1, 0.15) is 0 Å². The van der Waals surface area contributed by atoms with E-state index in [1.807, 2.05) is 0 Å². The van der Waals surface area contributed by atoms with Crippen molar-refractivity contribution in [1.82, 2.24) is 4.90 Å². The lowest BCUT2D eigenvalue weighted by molar-refractivity contribution is 0.384. The number of nitrogens with zero attached hydrogens (tertiary/aromatic N) is 2. The first kappa shape index (κ1) is 12.3. The molecule has 0 heterocycles. The van der Waals surface area contributed by atoms with E-state index in [2.05, 4.69) is 30.8 Å². The molecule has 1 saturated carbocycles. The third kappa shape index (κ3) is 4.54. The predicted molar refractivity (Wildman–Crippen MR) is 65.9 cm³/mol. The number of nitrogens with two attached hydrogens (primary N) is 1. The van der Waals surface area contributed by atoms with Crippen LogP contribution in [-0.2, 0) is 0 Å². The van der Waals surface area contributed by atoms with Crippen LogP contribution in [0.5, 0.6) is 0 Å². The first-order valence-corrected chi connectivity index (χ1v) is 6.10. The molecule has 0 atom stereocenters. The Morgan fingerprint density at radius 1 is 1.40 bits per heavy atom. The minimum atomic E-state index is 0.587. The molecule has 88 valence electrons. The number of rotatable bonds is 4. The number of aliphatic imine (C=N–C) groups is 1. The van der Waals surface area contributed by atoms with Crippen LogP contribution in [0.4, 0.5) is 0 Å². The Kier molecular flexibility index (Phi) is 4.92. The van der Waals surface area contributed by atoms with Crippen LogP contribution in [-0.4, -0.2) is 31.0 Å². The summed E-state index contributed by atoms with van der Waals surface area (Å²) in [5.74, 6) is 2.13. The van der Waals surface area contributed by atoms with Gasteiger partial charge in [-0.25, -0.2) is 0 Å². The number of hydrogen-bond acceptors (Lipinski definition) is 1. The lowest BCUT2D eigenvalue weighted by Gasteiger charge is -2.22. The van der Waals surface area contributed by atoms with E-state index < -0.39 is 0 Å². The summed E-state index contributed by atoms with van der Waals surface area (Å²) in [4.78, 5) is 6.50. The van der Waals surface area contributed by atoms with E-state index in [0.29, 0.717) is 11.9 Å². The van der Waals surface area contributed by atoms with Crippen LogP contribution in [0.3, 0.4) is 0 Å². The lowest BCUT2D eigenvalue weighted by atomic mass is 10.1. The molecule has 0 spiro atoms. The predicted octanol–water partition coefficient (Wildman–Crippen LogP) is 2.08. The SMILES string of the molecule is CC(C)CN=C(N)N(C)CC1CCCC1. The highest BCUT2D eigenvalue weighted by Crippen LogP contribution is 2.24. The summed E-state index contributed by atoms with van der Waals surface area (Å²) in [5, 5.41) is 0. The molecule has 0 aromatic rings. The average Bonchev–Trinajstić information content (AvgIpc) is 2.66. The Morgan fingerprint density at radius 2 is 2.00 bits per heavy atom. The number of hydrogen-bond donors (Lipinski definition) is 1. The Morgan fingerprint density at radius 3 is 2.53 bits per heavy atom. The van der Waals surface area contributed by atoms with E-state index in [1.165, 1.54) is 25.7 Å². The van der Waals surface area contributed by atoms with Crippen molar-refractivity contribution in [2.75, 3.05) is 20.1 Å². The van der Waals surface area contributed by atoms with Gasteiger partial charge in [0.15, 0.2) is 5.96 Å². The molecule has 0 aromatic heterocycles. The van der Waals surface area contributed by atoms with Gasteiger partial charge < -0.3 is 10.6 Å². The lowest BCUT2D eigenvalue weighted by Crippen LogP contribution is -2.37. The average molecular weight is 211 g/mol. The normalized spacial score (nSPS) is 18.8. The summed E-state index contributed by atoms with van der Waals surface area (Å²) >= 11 is 0. The molecule has 0 aromatic carbocycles. The minimum absolute atomic E-state index is 0.587. The van der Waals surface area contributed by atoms with Crippen molar-refractivity contribution in [3.8, 4) is 0 Å². The van der Waals surface area contributed by atoms with Crippen LogP contribution in [0.15, 0.2) is 4.99 Å². The third-order valence-corrected chi connectivity index (χ3v) is 3.02. The fourth-order valence-electron chi connectivity index (χ4n) is 2.07. The van der Waals surface area contributed by atoms with Crippen LogP contribution in [0, 0.1) is 11.8 Å². The topological polar surface area (TPSA) is 41.6 Å². The van der Waals surface area contributed by atoms with E-state index >= 15 is 0 Å². The molecule has 0 saturated heterocycles. The van der Waals surface area contributed by atoms with E-state index in [1.54, 1.807) is 0 Å². The summed E-state index contributed by atoms with van der Waals surface area (Å²) in [6.45, 7) is 6.23. The van der Waals surface area contributed by atoms with Crippen LogP contribution >= 0.6 is 0 Å². The summed E-state index contributed by atoms with van der Waals surface area (Å²) < 4.78 is 0. The highest BCUT2D eigenvalue weighted by atomic mass is 15.2. The van der Waals surface area contributed by atoms with Crippen molar-refractivity contribution >= 4 is 5.96 Å². The van der Waals surface area contributed by atoms with Gasteiger partial charge in [0.25, 0.3) is 0 Å². The molecule has 0 unspecified atom stereocenters. The Balaban J connectivity index is 2.31. The molecule has 3 heteroatoms. The molecule has 1 aliphatic rings. The van der Waals surface area contributed by atoms with Gasteiger partial charge in [-0.05, 0) is 24.7 Å². The number of guanidine groups is 1. The molecule has 0 aliphatic heterocycles. The van der Waals surface area contributed by atoms with Gasteiger partial charge in [0.2, 0.25) is 0 Å². The molecule has 1 fully saturated rings. The first-order chi connectivity index (χ1) is 7.09. The summed E-state index contributed by atoms with van der Waals surface area (Å²) in [6, 6.07) is 0. The smallest absolute Gasteiger partial charge is 0.191 e. The second-order valence-corrected chi connectivity index (χ2v) is 5.12. The van der Waals surface area contributed by atoms with Gasteiger partial charge in [-0.2, -0.15) is 0 Å². The third-order valence-electron chi connectivity index (χ3n) is 3.02. The Bertz CT molecular complexity index is 205. The van der Waals surface area contributed by atoms with Gasteiger partial charge in [-0.15, -0.1) is 0 Å². The Labute approximate surface area is 93.7 Å². The fraction of sp³-hybridized carbons (Fsp3) is 0.917. The van der Waals surface area contributed by atoms with Gasteiger partial charge in [0, 0.05) is 20.1 Å². The maximum Gasteiger partial charge on any atom is 0.191 e. The first-order valence-electron chi connectivity index (χ1n) is 6.10. The maximum atomic E-state index is 5.92. The van der Waals surface area contributed by atoms with Gasteiger partial charge in [-0.3, -0.25) is 4.99 Å². The second kappa shape index (κ2) is 5.99. The second-order valence-electron chi connectivity index (χ2n) is 5.12.